The normalized spacial score (nSPS) is 10.7. The van der Waals surface area contributed by atoms with Crippen molar-refractivity contribution < 1.29 is 5.11 Å². The van der Waals surface area contributed by atoms with Crippen LogP contribution in [-0.2, 0) is 19.5 Å². The van der Waals surface area contributed by atoms with E-state index in [1.807, 2.05) is 6.07 Å². The van der Waals surface area contributed by atoms with E-state index in [2.05, 4.69) is 76.9 Å². The van der Waals surface area contributed by atoms with Crippen LogP contribution in [0.5, 0.6) is 0 Å². The number of nitrogens with zero attached hydrogens (tertiary/aromatic N) is 1. The molecule has 0 bridgehead atoms. The second kappa shape index (κ2) is 7.65. The van der Waals surface area contributed by atoms with Gasteiger partial charge in [0.1, 0.15) is 0 Å². The average molecular weight is 306 g/mol. The monoisotopic (exact) mass is 306 g/mol. The van der Waals surface area contributed by atoms with Crippen LogP contribution < -0.4 is 5.32 Å². The molecule has 0 atom stereocenters. The van der Waals surface area contributed by atoms with E-state index >= 15 is 0 Å². The molecule has 2 aromatic carbocycles. The summed E-state index contributed by atoms with van der Waals surface area (Å²) in [4.78, 5) is 0. The molecule has 0 spiro atoms. The van der Waals surface area contributed by atoms with Crippen LogP contribution in [0.1, 0.15) is 16.7 Å². The molecule has 3 nitrogen and oxygen atoms in total. The Labute approximate surface area is 137 Å². The molecule has 3 aromatic rings. The molecular formula is C20H22N2O. The van der Waals surface area contributed by atoms with Crippen molar-refractivity contribution in [2.75, 3.05) is 11.9 Å². The minimum absolute atomic E-state index is 0.196. The van der Waals surface area contributed by atoms with Gasteiger partial charge >= 0.3 is 0 Å². The van der Waals surface area contributed by atoms with Crippen LogP contribution in [0.4, 0.5) is 5.69 Å². The van der Waals surface area contributed by atoms with Gasteiger partial charge in [-0.15, -0.1) is 0 Å². The van der Waals surface area contributed by atoms with Gasteiger partial charge in [0.05, 0.1) is 0 Å². The number of rotatable bonds is 7. The Hall–Kier alpha value is -2.52. The quantitative estimate of drug-likeness (QED) is 0.698. The summed E-state index contributed by atoms with van der Waals surface area (Å²) >= 11 is 0. The zero-order valence-electron chi connectivity index (χ0n) is 13.2. The number of benzene rings is 2. The Morgan fingerprint density at radius 2 is 1.61 bits per heavy atom. The van der Waals surface area contributed by atoms with Crippen LogP contribution in [0, 0.1) is 0 Å². The molecule has 1 heterocycles. The van der Waals surface area contributed by atoms with E-state index in [1.54, 1.807) is 0 Å². The Kier molecular flexibility index (Phi) is 5.12. The molecule has 118 valence electrons. The molecule has 0 unspecified atom stereocenters. The van der Waals surface area contributed by atoms with Crippen LogP contribution in [0.2, 0.25) is 0 Å². The van der Waals surface area contributed by atoms with Gasteiger partial charge in [0, 0.05) is 37.8 Å². The molecule has 1 aromatic heterocycles. The summed E-state index contributed by atoms with van der Waals surface area (Å²) in [5, 5.41) is 12.4. The second-order valence-electron chi connectivity index (χ2n) is 5.70. The lowest BCUT2D eigenvalue weighted by molar-refractivity contribution is 0.299. The number of hydrogen-bond donors (Lipinski definition) is 2. The van der Waals surface area contributed by atoms with Crippen molar-refractivity contribution in [3.63, 3.8) is 0 Å². The summed E-state index contributed by atoms with van der Waals surface area (Å²) in [5.41, 5.74) is 4.83. The fourth-order valence-electron chi connectivity index (χ4n) is 2.61. The minimum Gasteiger partial charge on any atom is -0.396 e. The first-order valence-corrected chi connectivity index (χ1v) is 7.96. The maximum atomic E-state index is 8.93. The van der Waals surface area contributed by atoms with Gasteiger partial charge in [0.25, 0.3) is 0 Å². The molecule has 0 aliphatic rings. The highest BCUT2D eigenvalue weighted by Gasteiger charge is 1.99. The van der Waals surface area contributed by atoms with Crippen LogP contribution in [0.25, 0.3) is 0 Å². The summed E-state index contributed by atoms with van der Waals surface area (Å²) in [6.07, 6.45) is 5.01. The molecule has 2 N–H and O–H groups in total. The van der Waals surface area contributed by atoms with E-state index in [-0.39, 0.29) is 6.61 Å². The number of aliphatic hydroxyl groups excluding tert-OH is 1. The largest absolute Gasteiger partial charge is 0.396 e. The lowest BCUT2D eigenvalue weighted by Crippen LogP contribution is -2.00. The molecule has 3 heteroatoms. The van der Waals surface area contributed by atoms with E-state index in [9.17, 15) is 0 Å². The van der Waals surface area contributed by atoms with Crippen LogP contribution in [0.15, 0.2) is 73.1 Å². The first-order chi connectivity index (χ1) is 11.3. The van der Waals surface area contributed by atoms with Gasteiger partial charge in [-0.25, -0.2) is 0 Å². The van der Waals surface area contributed by atoms with E-state index in [0.29, 0.717) is 6.42 Å². The van der Waals surface area contributed by atoms with E-state index in [4.69, 9.17) is 5.11 Å². The Balaban J connectivity index is 1.54. The number of aromatic nitrogens is 1. The van der Waals surface area contributed by atoms with Crippen LogP contribution >= 0.6 is 0 Å². The van der Waals surface area contributed by atoms with Gasteiger partial charge in [-0.05, 0) is 41.3 Å². The third-order valence-corrected chi connectivity index (χ3v) is 3.87. The SMILES string of the molecule is OCCc1ccc(NCc2ccn(Cc3ccccc3)c2)cc1. The molecule has 0 amide bonds. The van der Waals surface area contributed by atoms with Crippen molar-refractivity contribution in [3.05, 3.63) is 89.7 Å². The molecule has 0 radical (unpaired) electrons. The van der Waals surface area contributed by atoms with Gasteiger partial charge in [-0.3, -0.25) is 0 Å². The third-order valence-electron chi connectivity index (χ3n) is 3.87. The highest BCUT2D eigenvalue weighted by Crippen LogP contribution is 2.12. The fraction of sp³-hybridized carbons (Fsp3) is 0.200. The van der Waals surface area contributed by atoms with Gasteiger partial charge < -0.3 is 15.0 Å². The Morgan fingerprint density at radius 3 is 2.35 bits per heavy atom. The first-order valence-electron chi connectivity index (χ1n) is 7.96. The molecule has 3 rings (SSSR count). The molecular weight excluding hydrogens is 284 g/mol. The highest BCUT2D eigenvalue weighted by molar-refractivity contribution is 5.45. The standard InChI is InChI=1S/C20H22N2O/c23-13-11-17-6-8-20(9-7-17)21-14-19-10-12-22(16-19)15-18-4-2-1-3-5-18/h1-10,12,16,21,23H,11,13-15H2. The molecule has 0 aliphatic carbocycles. The van der Waals surface area contributed by atoms with E-state index in [0.717, 1.165) is 24.3 Å². The first kappa shape index (κ1) is 15.4. The number of hydrogen-bond acceptors (Lipinski definition) is 2. The fourth-order valence-corrected chi connectivity index (χ4v) is 2.61. The second-order valence-corrected chi connectivity index (χ2v) is 5.70. The molecule has 0 aliphatic heterocycles. The van der Waals surface area contributed by atoms with Crippen molar-refractivity contribution in [2.45, 2.75) is 19.5 Å². The summed E-state index contributed by atoms with van der Waals surface area (Å²) < 4.78 is 2.21. The Morgan fingerprint density at radius 1 is 0.826 bits per heavy atom. The zero-order valence-corrected chi connectivity index (χ0v) is 13.2. The number of nitrogens with one attached hydrogen (secondary N) is 1. The van der Waals surface area contributed by atoms with E-state index in [1.165, 1.54) is 11.1 Å². The van der Waals surface area contributed by atoms with Gasteiger partial charge in [0.2, 0.25) is 0 Å². The minimum atomic E-state index is 0.196. The van der Waals surface area contributed by atoms with Crippen molar-refractivity contribution in [2.24, 2.45) is 0 Å². The van der Waals surface area contributed by atoms with Crippen LogP contribution in [0.3, 0.4) is 0 Å². The zero-order chi connectivity index (χ0) is 15.9. The predicted molar refractivity (Wildman–Crippen MR) is 94.5 cm³/mol. The molecule has 0 saturated heterocycles. The van der Waals surface area contributed by atoms with Crippen molar-refractivity contribution in [1.82, 2.24) is 4.57 Å². The van der Waals surface area contributed by atoms with E-state index < -0.39 is 0 Å². The molecule has 0 fully saturated rings. The van der Waals surface area contributed by atoms with Crippen molar-refractivity contribution in [3.8, 4) is 0 Å². The smallest absolute Gasteiger partial charge is 0.0471 e. The predicted octanol–water partition coefficient (Wildman–Crippen LogP) is 3.68. The van der Waals surface area contributed by atoms with Crippen molar-refractivity contribution in [1.29, 1.82) is 0 Å². The highest BCUT2D eigenvalue weighted by atomic mass is 16.2. The van der Waals surface area contributed by atoms with Gasteiger partial charge in [-0.2, -0.15) is 0 Å². The lowest BCUT2D eigenvalue weighted by atomic mass is 10.1. The van der Waals surface area contributed by atoms with Crippen LogP contribution in [-0.4, -0.2) is 16.3 Å². The maximum absolute atomic E-state index is 8.93. The van der Waals surface area contributed by atoms with Gasteiger partial charge in [-0.1, -0.05) is 42.5 Å². The maximum Gasteiger partial charge on any atom is 0.0471 e. The summed E-state index contributed by atoms with van der Waals surface area (Å²) in [5.74, 6) is 0. The topological polar surface area (TPSA) is 37.2 Å². The summed E-state index contributed by atoms with van der Waals surface area (Å²) in [6.45, 7) is 1.90. The molecule has 23 heavy (non-hydrogen) atoms. The lowest BCUT2D eigenvalue weighted by Gasteiger charge is -2.06. The average Bonchev–Trinajstić information content (AvgIpc) is 3.03. The summed E-state index contributed by atoms with van der Waals surface area (Å²) in [6, 6.07) is 20.9. The molecule has 0 saturated carbocycles. The number of anilines is 1. The number of aliphatic hydroxyl groups is 1. The van der Waals surface area contributed by atoms with Gasteiger partial charge in [0.15, 0.2) is 0 Å². The Bertz CT molecular complexity index is 717. The van der Waals surface area contributed by atoms with Crippen molar-refractivity contribution >= 4 is 5.69 Å². The third kappa shape index (κ3) is 4.47. The summed E-state index contributed by atoms with van der Waals surface area (Å²) in [7, 11) is 0.